The zero-order valence-electron chi connectivity index (χ0n) is 27.3. The van der Waals surface area contributed by atoms with Gasteiger partial charge in [-0.25, -0.2) is 0 Å². The average molecular weight is 676 g/mol. The van der Waals surface area contributed by atoms with Gasteiger partial charge in [0.2, 0.25) is 12.0 Å². The number of hydrogen-bond acceptors (Lipinski definition) is 13. The highest BCUT2D eigenvalue weighted by Crippen LogP contribution is 2.56. The second kappa shape index (κ2) is 14.6. The van der Waals surface area contributed by atoms with Gasteiger partial charge >= 0.3 is 5.97 Å². The van der Waals surface area contributed by atoms with Gasteiger partial charge in [-0.2, -0.15) is 0 Å². The van der Waals surface area contributed by atoms with E-state index >= 15 is 0 Å². The van der Waals surface area contributed by atoms with Crippen LogP contribution in [0.4, 0.5) is 0 Å². The largest absolute Gasteiger partial charge is 0.485 e. The number of fused-ring (bicyclic) bond motifs is 5. The van der Waals surface area contributed by atoms with Crippen LogP contribution in [0.3, 0.4) is 0 Å². The van der Waals surface area contributed by atoms with Gasteiger partial charge in [0, 0.05) is 42.8 Å². The number of carbonyl (C=O) groups is 1. The molecule has 1 saturated heterocycles. The minimum Gasteiger partial charge on any atom is -0.485 e. The molecule has 0 radical (unpaired) electrons. The number of allylic oxidation sites excluding steroid dienone is 1. The molecule has 4 aliphatic rings. The summed E-state index contributed by atoms with van der Waals surface area (Å²) in [6, 6.07) is 3.93. The fourth-order valence-corrected chi connectivity index (χ4v) is 8.38. The Hall–Kier alpha value is -2.75. The number of ether oxygens (including phenoxy) is 4. The van der Waals surface area contributed by atoms with E-state index in [0.717, 1.165) is 12.8 Å². The molecule has 3 fully saturated rings. The molecule has 7 N–H and O–H groups in total. The van der Waals surface area contributed by atoms with Crippen LogP contribution < -0.4 is 14.8 Å². The molecule has 1 aromatic carbocycles. The third-order valence-corrected chi connectivity index (χ3v) is 10.8. The summed E-state index contributed by atoms with van der Waals surface area (Å²) in [4.78, 5) is 12.5. The third-order valence-electron chi connectivity index (χ3n) is 10.8. The molecule has 13 heteroatoms. The highest BCUT2D eigenvalue weighted by Gasteiger charge is 2.72. The Balaban J connectivity index is 1.39. The Morgan fingerprint density at radius 2 is 1.88 bits per heavy atom. The lowest BCUT2D eigenvalue weighted by Crippen LogP contribution is -2.81. The van der Waals surface area contributed by atoms with Gasteiger partial charge in [-0.3, -0.25) is 4.79 Å². The zero-order valence-corrected chi connectivity index (χ0v) is 27.3. The quantitative estimate of drug-likeness (QED) is 0.0912. The summed E-state index contributed by atoms with van der Waals surface area (Å²) >= 11 is 0. The number of carbonyl (C=O) groups excluding carboxylic acids is 1. The van der Waals surface area contributed by atoms with Crippen LogP contribution in [0.2, 0.25) is 0 Å². The van der Waals surface area contributed by atoms with Crippen molar-refractivity contribution >= 4 is 16.9 Å². The number of benzene rings is 1. The lowest BCUT2D eigenvalue weighted by molar-refractivity contribution is -0.391. The molecule has 48 heavy (non-hydrogen) atoms. The van der Waals surface area contributed by atoms with Crippen molar-refractivity contribution in [2.24, 2.45) is 17.8 Å². The minimum atomic E-state index is -2.38. The summed E-state index contributed by atoms with van der Waals surface area (Å²) in [6.07, 6.45) is 4.37. The molecule has 1 aromatic heterocycles. The molecule has 13 nitrogen and oxygen atoms in total. The number of aliphatic hydroxyl groups excluding tert-OH is 4. The molecule has 2 heterocycles. The number of esters is 1. The van der Waals surface area contributed by atoms with Crippen LogP contribution >= 0.6 is 0 Å². The van der Waals surface area contributed by atoms with Crippen molar-refractivity contribution in [2.75, 3.05) is 33.0 Å². The molecule has 9 atom stereocenters. The Kier molecular flexibility index (Phi) is 10.7. The van der Waals surface area contributed by atoms with Gasteiger partial charge in [-0.05, 0) is 56.2 Å². The van der Waals surface area contributed by atoms with Crippen LogP contribution in [-0.4, -0.2) is 111 Å². The smallest absolute Gasteiger partial charge is 0.306 e. The van der Waals surface area contributed by atoms with Crippen molar-refractivity contribution in [1.29, 1.82) is 0 Å². The fourth-order valence-electron chi connectivity index (χ4n) is 8.38. The van der Waals surface area contributed by atoms with Crippen molar-refractivity contribution in [2.45, 2.75) is 100 Å². The minimum absolute atomic E-state index is 0.00192. The molecule has 2 bridgehead atoms. The lowest BCUT2D eigenvalue weighted by atomic mass is 9.53. The van der Waals surface area contributed by atoms with E-state index in [9.17, 15) is 35.4 Å². The first-order valence-electron chi connectivity index (χ1n) is 17.2. The number of rotatable bonds is 13. The molecular weight excluding hydrogens is 626 g/mol. The first kappa shape index (κ1) is 35.1. The normalized spacial score (nSPS) is 34.9. The number of aryl methyl sites for hydroxylation is 1. The first-order valence-corrected chi connectivity index (χ1v) is 17.2. The Labute approximate surface area is 279 Å². The van der Waals surface area contributed by atoms with E-state index in [1.165, 1.54) is 31.6 Å². The number of hydrogen-bond donors (Lipinski definition) is 7. The molecule has 0 spiro atoms. The highest BCUT2D eigenvalue weighted by molar-refractivity contribution is 5.87. The molecular formula is C35H49NO12. The van der Waals surface area contributed by atoms with Crippen molar-refractivity contribution in [3.8, 4) is 11.5 Å². The Bertz CT molecular complexity index is 1440. The van der Waals surface area contributed by atoms with E-state index in [1.54, 1.807) is 25.1 Å². The van der Waals surface area contributed by atoms with Gasteiger partial charge in [0.15, 0.2) is 16.9 Å². The van der Waals surface area contributed by atoms with E-state index in [1.807, 2.05) is 0 Å². The molecule has 2 saturated carbocycles. The molecule has 0 amide bonds. The maximum atomic E-state index is 12.5. The predicted octanol–water partition coefficient (Wildman–Crippen LogP) is 1.32. The summed E-state index contributed by atoms with van der Waals surface area (Å²) < 4.78 is 30.0. The van der Waals surface area contributed by atoms with E-state index < -0.39 is 72.7 Å². The van der Waals surface area contributed by atoms with Crippen LogP contribution in [0.1, 0.15) is 57.4 Å². The van der Waals surface area contributed by atoms with Gasteiger partial charge in [-0.15, -0.1) is 0 Å². The standard InChI is InChI=1S/C35H49NO12/c1-2-44-27(40)11-9-20-16-21-12-14-45-29(21)31(46-15-13-36-23-6-4-3-5-7-23)30(20)48-33-35(43)28-22(8-10-25(39)24(28)18-37)17-34(42,32(35)41)26(19-38)47-33/h8,10,12,14,16,22-26,28,32-33,36-39,41-43H,2-7,9,11,13,15,17-19H2,1H3/t22-,24+,25-,26+,28+,32-,33-,34+,35+/m0/s1. The SMILES string of the molecule is CCOC(=O)CCc1cc2ccoc2c(OCCNC2CCCCC2)c1O[C@@H]1O[C@H](CO)[C@]2(O)C[C@@H]3C=C[C@H](O)[C@@H](CO)[C@@H]3[C@@]1(O)[C@H]2O. The number of furan rings is 1. The van der Waals surface area contributed by atoms with Crippen molar-refractivity contribution in [3.05, 3.63) is 36.1 Å². The van der Waals surface area contributed by atoms with Crippen LogP contribution in [-0.2, 0) is 20.7 Å². The summed E-state index contributed by atoms with van der Waals surface area (Å²) in [5, 5.41) is 71.7. The monoisotopic (exact) mass is 675 g/mol. The second-order valence-corrected chi connectivity index (χ2v) is 13.6. The van der Waals surface area contributed by atoms with Gasteiger partial charge in [0.05, 0.1) is 25.6 Å². The van der Waals surface area contributed by atoms with Crippen LogP contribution in [0.25, 0.3) is 11.0 Å². The van der Waals surface area contributed by atoms with Crippen molar-refractivity contribution in [3.63, 3.8) is 0 Å². The van der Waals surface area contributed by atoms with Crippen LogP contribution in [0.5, 0.6) is 11.5 Å². The third kappa shape index (κ3) is 6.35. The average Bonchev–Trinajstić information content (AvgIpc) is 3.55. The lowest BCUT2D eigenvalue weighted by Gasteiger charge is -2.63. The molecule has 266 valence electrons. The summed E-state index contributed by atoms with van der Waals surface area (Å²) in [6.45, 7) is 1.48. The summed E-state index contributed by atoms with van der Waals surface area (Å²) in [7, 11) is 0. The van der Waals surface area contributed by atoms with Gasteiger partial charge in [-0.1, -0.05) is 31.4 Å². The van der Waals surface area contributed by atoms with E-state index in [0.29, 0.717) is 29.1 Å². The zero-order chi connectivity index (χ0) is 34.1. The Morgan fingerprint density at radius 1 is 1.08 bits per heavy atom. The summed E-state index contributed by atoms with van der Waals surface area (Å²) in [5.41, 5.74) is -3.59. The molecule has 6 rings (SSSR count). The maximum Gasteiger partial charge on any atom is 0.306 e. The van der Waals surface area contributed by atoms with Crippen molar-refractivity contribution < 1.29 is 58.8 Å². The number of aliphatic hydroxyl groups is 6. The molecule has 2 aromatic rings. The topological polar surface area (TPSA) is 201 Å². The van der Waals surface area contributed by atoms with Gasteiger partial charge in [0.25, 0.3) is 0 Å². The Morgan fingerprint density at radius 3 is 2.60 bits per heavy atom. The van der Waals surface area contributed by atoms with Crippen LogP contribution in [0, 0.1) is 17.8 Å². The summed E-state index contributed by atoms with van der Waals surface area (Å²) in [5.74, 6) is -2.69. The molecule has 3 aliphatic carbocycles. The second-order valence-electron chi connectivity index (χ2n) is 13.6. The highest BCUT2D eigenvalue weighted by atomic mass is 16.7. The predicted molar refractivity (Wildman–Crippen MR) is 171 cm³/mol. The van der Waals surface area contributed by atoms with Crippen LogP contribution in [0.15, 0.2) is 35.0 Å². The van der Waals surface area contributed by atoms with E-state index in [4.69, 9.17) is 23.4 Å². The first-order chi connectivity index (χ1) is 23.1. The fraction of sp³-hybridized carbons (Fsp3) is 0.686. The number of nitrogens with one attached hydrogen (secondary N) is 1. The maximum absolute atomic E-state index is 12.5. The molecule has 1 aliphatic heterocycles. The molecule has 0 unspecified atom stereocenters. The van der Waals surface area contributed by atoms with Crippen molar-refractivity contribution in [1.82, 2.24) is 5.32 Å². The van der Waals surface area contributed by atoms with Gasteiger partial charge < -0.3 is 59.3 Å². The van der Waals surface area contributed by atoms with Gasteiger partial charge in [0.1, 0.15) is 24.4 Å². The van der Waals surface area contributed by atoms with E-state index in [-0.39, 0.29) is 44.0 Å². The van der Waals surface area contributed by atoms with E-state index in [2.05, 4.69) is 5.32 Å².